The van der Waals surface area contributed by atoms with Gasteiger partial charge in [0.25, 0.3) is 0 Å². The van der Waals surface area contributed by atoms with E-state index in [0.29, 0.717) is 3.64 Å². The Hall–Kier alpha value is 0.830. The van der Waals surface area contributed by atoms with E-state index in [1.165, 1.54) is 0 Å². The fourth-order valence-corrected chi connectivity index (χ4v) is 0.896. The van der Waals surface area contributed by atoms with Crippen LogP contribution < -0.4 is 0 Å². The van der Waals surface area contributed by atoms with Gasteiger partial charge in [0.2, 0.25) is 0 Å². The van der Waals surface area contributed by atoms with Gasteiger partial charge in [-0.05, 0) is 0 Å². The van der Waals surface area contributed by atoms with Crippen LogP contribution in [0.3, 0.4) is 0 Å². The maximum absolute atomic E-state index is 9.41. The summed E-state index contributed by atoms with van der Waals surface area (Å²) in [7, 11) is 0. The summed E-state index contributed by atoms with van der Waals surface area (Å²) in [5.74, 6) is 0. The van der Waals surface area contributed by atoms with E-state index in [-0.39, 0.29) is 0 Å². The van der Waals surface area contributed by atoms with Crippen molar-refractivity contribution in [2.75, 3.05) is 3.64 Å². The van der Waals surface area contributed by atoms with E-state index < -0.39 is 22.9 Å². The summed E-state index contributed by atoms with van der Waals surface area (Å²) in [6.07, 6.45) is 0. The van der Waals surface area contributed by atoms with E-state index in [0.717, 1.165) is 4.04 Å². The second-order valence-corrected chi connectivity index (χ2v) is 6.86. The first kappa shape index (κ1) is 5.83. The van der Waals surface area contributed by atoms with Crippen molar-refractivity contribution in [2.24, 2.45) is 0 Å². The summed E-state index contributed by atoms with van der Waals surface area (Å²) in [4.78, 5) is 9.41. The van der Waals surface area contributed by atoms with Crippen molar-refractivity contribution in [1.29, 1.82) is 0 Å². The maximum atomic E-state index is 9.41. The minimum absolute atomic E-state index is 0.658. The van der Waals surface area contributed by atoms with Gasteiger partial charge in [-0.2, -0.15) is 0 Å². The van der Waals surface area contributed by atoms with Gasteiger partial charge in [-0.25, -0.2) is 0 Å². The molecular weight excluding hydrogens is 190 g/mol. The Bertz CT molecular complexity index is 30.8. The molecule has 0 unspecified atom stereocenters. The molecule has 0 saturated carbocycles. The molecule has 0 aromatic rings. The predicted octanol–water partition coefficient (Wildman–Crippen LogP) is -0.191. The molecule has 0 fully saturated rings. The Labute approximate surface area is 47.1 Å². The SMILES string of the molecule is O=[CH][InH][CH2]Cl. The van der Waals surface area contributed by atoms with Gasteiger partial charge < -0.3 is 0 Å². The zero-order valence-electron chi connectivity index (χ0n) is 2.78. The third kappa shape index (κ3) is 4.83. The number of alkyl halides is 1. The van der Waals surface area contributed by atoms with Crippen molar-refractivity contribution >= 4 is 38.5 Å². The van der Waals surface area contributed by atoms with E-state index >= 15 is 0 Å². The zero-order chi connectivity index (χ0) is 4.12. The first-order valence-electron chi connectivity index (χ1n) is 1.41. The van der Waals surface area contributed by atoms with Crippen LogP contribution in [0.15, 0.2) is 0 Å². The fourth-order valence-electron chi connectivity index (χ4n) is 0.0445. The summed E-state index contributed by atoms with van der Waals surface area (Å²) < 4.78 is 1.67. The molecule has 0 saturated heterocycles. The molecule has 0 N–H and O–H groups in total. The van der Waals surface area contributed by atoms with Crippen LogP contribution in [-0.4, -0.2) is 30.6 Å². The van der Waals surface area contributed by atoms with Crippen molar-refractivity contribution in [1.82, 2.24) is 0 Å². The molecule has 0 heterocycles. The standard InChI is InChI=1S/CH2Cl.CHO.In.H/c2*1-2;;/h1H2;1H;;. The van der Waals surface area contributed by atoms with Gasteiger partial charge in [-0.15, -0.1) is 0 Å². The molecular formula is C2H4ClInO. The summed E-state index contributed by atoms with van der Waals surface area (Å²) in [5.41, 5.74) is 0. The first-order chi connectivity index (χ1) is 2.41. The third-order valence-corrected chi connectivity index (χ3v) is 2.99. The number of hydrogen-bond donors (Lipinski definition) is 0. The van der Waals surface area contributed by atoms with Crippen molar-refractivity contribution in [3.8, 4) is 0 Å². The van der Waals surface area contributed by atoms with Crippen molar-refractivity contribution in [3.05, 3.63) is 0 Å². The molecule has 0 radical (unpaired) electrons. The van der Waals surface area contributed by atoms with Gasteiger partial charge in [-0.3, -0.25) is 0 Å². The molecule has 0 aliphatic carbocycles. The average molecular weight is 194 g/mol. The Kier molecular flexibility index (Phi) is 5.63. The predicted molar refractivity (Wildman–Crippen MR) is 24.6 cm³/mol. The van der Waals surface area contributed by atoms with Gasteiger partial charge >= 0.3 is 47.0 Å². The topological polar surface area (TPSA) is 17.1 Å². The Morgan fingerprint density at radius 3 is 2.60 bits per heavy atom. The van der Waals surface area contributed by atoms with E-state index in [1.807, 2.05) is 0 Å². The molecule has 0 rings (SSSR count). The van der Waals surface area contributed by atoms with Gasteiger partial charge in [-0.1, -0.05) is 0 Å². The number of carbonyl (C=O) groups is 1. The number of halogens is 1. The molecule has 3 heteroatoms. The molecule has 0 bridgehead atoms. The van der Waals surface area contributed by atoms with Gasteiger partial charge in [0, 0.05) is 0 Å². The molecule has 0 aromatic carbocycles. The zero-order valence-corrected chi connectivity index (χ0v) is 7.57. The normalized spacial score (nSPS) is 6.60. The Balaban J connectivity index is 2.40. The summed E-state index contributed by atoms with van der Waals surface area (Å²) >= 11 is 4.19. The van der Waals surface area contributed by atoms with Crippen molar-refractivity contribution in [2.45, 2.75) is 0 Å². The summed E-state index contributed by atoms with van der Waals surface area (Å²) in [6.45, 7) is 0. The van der Waals surface area contributed by atoms with Crippen LogP contribution in [0.4, 0.5) is 0 Å². The second-order valence-electron chi connectivity index (χ2n) is 0.644. The summed E-state index contributed by atoms with van der Waals surface area (Å²) in [5, 5.41) is 0. The monoisotopic (exact) mass is 194 g/mol. The van der Waals surface area contributed by atoms with Gasteiger partial charge in [0.1, 0.15) is 0 Å². The number of rotatable bonds is 2. The molecule has 5 heavy (non-hydrogen) atoms. The third-order valence-electron chi connectivity index (χ3n) is 0.227. The fraction of sp³-hybridized carbons (Fsp3) is 0.500. The molecule has 0 aliphatic heterocycles. The van der Waals surface area contributed by atoms with Gasteiger partial charge in [0.05, 0.1) is 0 Å². The first-order valence-corrected chi connectivity index (χ1v) is 7.13. The molecule has 0 atom stereocenters. The van der Waals surface area contributed by atoms with E-state index in [9.17, 15) is 4.79 Å². The van der Waals surface area contributed by atoms with Crippen LogP contribution >= 0.6 is 11.6 Å². The van der Waals surface area contributed by atoms with Crippen molar-refractivity contribution < 1.29 is 4.79 Å². The minimum atomic E-state index is -0.973. The van der Waals surface area contributed by atoms with Crippen LogP contribution in [0.5, 0.6) is 0 Å². The van der Waals surface area contributed by atoms with Gasteiger partial charge in [0.15, 0.2) is 0 Å². The summed E-state index contributed by atoms with van der Waals surface area (Å²) in [6, 6.07) is 0. The molecule has 0 spiro atoms. The van der Waals surface area contributed by atoms with Crippen LogP contribution in [0.25, 0.3) is 0 Å². The van der Waals surface area contributed by atoms with Crippen LogP contribution in [0, 0.1) is 0 Å². The second kappa shape index (κ2) is 4.83. The van der Waals surface area contributed by atoms with Crippen LogP contribution in [0.1, 0.15) is 0 Å². The molecule has 28 valence electrons. The quantitative estimate of drug-likeness (QED) is 0.440. The van der Waals surface area contributed by atoms with E-state index in [1.54, 1.807) is 0 Å². The molecule has 0 aliphatic rings. The number of carbonyl (C=O) groups excluding carboxylic acids is 1. The molecule has 0 aromatic heterocycles. The Morgan fingerprint density at radius 2 is 2.60 bits per heavy atom. The van der Waals surface area contributed by atoms with Crippen LogP contribution in [-0.2, 0) is 4.79 Å². The van der Waals surface area contributed by atoms with E-state index in [4.69, 9.17) is 11.6 Å². The number of hydrogen-bond acceptors (Lipinski definition) is 1. The van der Waals surface area contributed by atoms with Crippen molar-refractivity contribution in [3.63, 3.8) is 0 Å². The Morgan fingerprint density at radius 1 is 2.00 bits per heavy atom. The molecule has 1 nitrogen and oxygen atoms in total. The van der Waals surface area contributed by atoms with Crippen LogP contribution in [0.2, 0.25) is 0 Å². The molecule has 0 amide bonds. The average Bonchev–Trinajstić information content (AvgIpc) is 1.41. The van der Waals surface area contributed by atoms with E-state index in [2.05, 4.69) is 0 Å².